The van der Waals surface area contributed by atoms with Crippen LogP contribution >= 0.6 is 0 Å². The number of carbonyl (C=O) groups excluding carboxylic acids is 2. The molecule has 1 saturated heterocycles. The summed E-state index contributed by atoms with van der Waals surface area (Å²) in [6.45, 7) is 3.93. The van der Waals surface area contributed by atoms with Gasteiger partial charge in [0.05, 0.1) is 13.0 Å². The lowest BCUT2D eigenvalue weighted by atomic mass is 9.94. The number of benzene rings is 1. The summed E-state index contributed by atoms with van der Waals surface area (Å²) in [5.41, 5.74) is 6.91. The molecule has 2 amide bonds. The highest BCUT2D eigenvalue weighted by Crippen LogP contribution is 2.14. The van der Waals surface area contributed by atoms with Crippen LogP contribution < -0.4 is 11.1 Å². The fraction of sp³-hybridized carbons (Fsp3) is 0.500. The van der Waals surface area contributed by atoms with Gasteiger partial charge in [0.25, 0.3) is 0 Å². The first-order valence-electron chi connectivity index (χ1n) is 7.39. The maximum Gasteiger partial charge on any atom is 0.240 e. The van der Waals surface area contributed by atoms with E-state index in [9.17, 15) is 9.59 Å². The van der Waals surface area contributed by atoms with Gasteiger partial charge in [-0.15, -0.1) is 0 Å². The Balaban J connectivity index is 1.75. The highest BCUT2D eigenvalue weighted by molar-refractivity contribution is 5.96. The third-order valence-electron chi connectivity index (χ3n) is 3.95. The Hall–Kier alpha value is -1.72. The van der Waals surface area contributed by atoms with E-state index >= 15 is 0 Å². The van der Waals surface area contributed by atoms with Crippen molar-refractivity contribution < 1.29 is 9.59 Å². The molecule has 114 valence electrons. The summed E-state index contributed by atoms with van der Waals surface area (Å²) in [6, 6.07) is 9.49. The predicted octanol–water partition coefficient (Wildman–Crippen LogP) is 0.541. The lowest BCUT2D eigenvalue weighted by Gasteiger charge is -2.34. The number of nitrogens with zero attached hydrogens (tertiary/aromatic N) is 1. The zero-order valence-corrected chi connectivity index (χ0v) is 12.4. The average Bonchev–Trinajstić information content (AvgIpc) is 2.43. The molecule has 0 aromatic heterocycles. The lowest BCUT2D eigenvalue weighted by molar-refractivity contribution is -0.130. The molecular formula is C16H23N3O2. The maximum atomic E-state index is 11.9. The molecule has 0 bridgehead atoms. The van der Waals surface area contributed by atoms with Crippen molar-refractivity contribution >= 4 is 11.8 Å². The third-order valence-corrected chi connectivity index (χ3v) is 3.95. The zero-order chi connectivity index (χ0) is 15.2. The number of amides is 2. The van der Waals surface area contributed by atoms with E-state index in [0.717, 1.165) is 18.5 Å². The Morgan fingerprint density at radius 2 is 2.00 bits per heavy atom. The van der Waals surface area contributed by atoms with Crippen molar-refractivity contribution in [2.75, 3.05) is 19.6 Å². The van der Waals surface area contributed by atoms with E-state index in [1.165, 1.54) is 0 Å². The molecule has 2 unspecified atom stereocenters. The van der Waals surface area contributed by atoms with Crippen LogP contribution in [-0.4, -0.2) is 42.4 Å². The Kier molecular flexibility index (Phi) is 5.47. The van der Waals surface area contributed by atoms with Crippen molar-refractivity contribution in [1.29, 1.82) is 0 Å². The van der Waals surface area contributed by atoms with Crippen LogP contribution in [0.5, 0.6) is 0 Å². The van der Waals surface area contributed by atoms with E-state index in [4.69, 9.17) is 5.73 Å². The smallest absolute Gasteiger partial charge is 0.240 e. The SMILES string of the molecule is CC1CCN(CC(=O)NC(=O)Cc2ccccc2)CC1N. The van der Waals surface area contributed by atoms with Crippen LogP contribution in [0.2, 0.25) is 0 Å². The molecule has 1 aromatic carbocycles. The zero-order valence-electron chi connectivity index (χ0n) is 12.4. The third kappa shape index (κ3) is 4.95. The van der Waals surface area contributed by atoms with Crippen LogP contribution in [0.15, 0.2) is 30.3 Å². The van der Waals surface area contributed by atoms with Crippen LogP contribution in [0, 0.1) is 5.92 Å². The lowest BCUT2D eigenvalue weighted by Crippen LogP contribution is -2.50. The van der Waals surface area contributed by atoms with E-state index in [2.05, 4.69) is 12.2 Å². The van der Waals surface area contributed by atoms with Crippen LogP contribution in [-0.2, 0) is 16.0 Å². The van der Waals surface area contributed by atoms with Gasteiger partial charge in [-0.05, 0) is 24.4 Å². The molecule has 2 rings (SSSR count). The Morgan fingerprint density at radius 1 is 1.29 bits per heavy atom. The molecule has 1 fully saturated rings. The largest absolute Gasteiger partial charge is 0.326 e. The summed E-state index contributed by atoms with van der Waals surface area (Å²) in [4.78, 5) is 25.7. The van der Waals surface area contributed by atoms with Gasteiger partial charge in [-0.2, -0.15) is 0 Å². The molecule has 0 radical (unpaired) electrons. The highest BCUT2D eigenvalue weighted by Gasteiger charge is 2.24. The molecule has 1 aliphatic rings. The summed E-state index contributed by atoms with van der Waals surface area (Å²) in [6.07, 6.45) is 1.22. The second-order valence-corrected chi connectivity index (χ2v) is 5.80. The van der Waals surface area contributed by atoms with Crippen molar-refractivity contribution in [3.63, 3.8) is 0 Å². The molecule has 0 aliphatic carbocycles. The standard InChI is InChI=1S/C16H23N3O2/c1-12-7-8-19(10-14(12)17)11-16(21)18-15(20)9-13-5-3-2-4-6-13/h2-6,12,14H,7-11,17H2,1H3,(H,18,20,21). The van der Waals surface area contributed by atoms with Crippen molar-refractivity contribution in [2.24, 2.45) is 11.7 Å². The first-order chi connectivity index (χ1) is 10.0. The number of hydrogen-bond acceptors (Lipinski definition) is 4. The van der Waals surface area contributed by atoms with Gasteiger partial charge in [-0.1, -0.05) is 37.3 Å². The summed E-state index contributed by atoms with van der Waals surface area (Å²) < 4.78 is 0. The number of piperidine rings is 1. The normalized spacial score (nSPS) is 22.8. The quantitative estimate of drug-likeness (QED) is 0.848. The number of likely N-dealkylation sites (tertiary alicyclic amines) is 1. The number of hydrogen-bond donors (Lipinski definition) is 2. The summed E-state index contributed by atoms with van der Waals surface area (Å²) in [5, 5.41) is 2.44. The van der Waals surface area contributed by atoms with Gasteiger partial charge in [0.2, 0.25) is 11.8 Å². The number of imide groups is 1. The first-order valence-corrected chi connectivity index (χ1v) is 7.39. The van der Waals surface area contributed by atoms with E-state index < -0.39 is 0 Å². The average molecular weight is 289 g/mol. The van der Waals surface area contributed by atoms with Crippen LogP contribution in [0.4, 0.5) is 0 Å². The second-order valence-electron chi connectivity index (χ2n) is 5.80. The fourth-order valence-corrected chi connectivity index (χ4v) is 2.54. The van der Waals surface area contributed by atoms with Crippen LogP contribution in [0.1, 0.15) is 18.9 Å². The number of carbonyl (C=O) groups is 2. The van der Waals surface area contributed by atoms with Gasteiger partial charge in [0.1, 0.15) is 0 Å². The second kappa shape index (κ2) is 7.33. The van der Waals surface area contributed by atoms with E-state index in [-0.39, 0.29) is 30.8 Å². The van der Waals surface area contributed by atoms with Crippen molar-refractivity contribution in [1.82, 2.24) is 10.2 Å². The van der Waals surface area contributed by atoms with Gasteiger partial charge in [-0.25, -0.2) is 0 Å². The molecule has 1 heterocycles. The topological polar surface area (TPSA) is 75.4 Å². The Labute approximate surface area is 125 Å². The van der Waals surface area contributed by atoms with E-state index in [0.29, 0.717) is 12.5 Å². The Morgan fingerprint density at radius 3 is 2.67 bits per heavy atom. The Bertz CT molecular complexity index is 490. The number of nitrogens with two attached hydrogens (primary N) is 1. The van der Waals surface area contributed by atoms with Gasteiger partial charge >= 0.3 is 0 Å². The minimum atomic E-state index is -0.263. The molecule has 2 atom stereocenters. The van der Waals surface area contributed by atoms with E-state index in [1.54, 1.807) is 0 Å². The maximum absolute atomic E-state index is 11.9. The predicted molar refractivity (Wildman–Crippen MR) is 81.5 cm³/mol. The monoisotopic (exact) mass is 289 g/mol. The van der Waals surface area contributed by atoms with Gasteiger partial charge < -0.3 is 5.73 Å². The minimum Gasteiger partial charge on any atom is -0.326 e. The molecule has 0 saturated carbocycles. The van der Waals surface area contributed by atoms with Crippen molar-refractivity contribution in [2.45, 2.75) is 25.8 Å². The molecule has 1 aliphatic heterocycles. The summed E-state index contributed by atoms with van der Waals surface area (Å²) in [5.74, 6) is -0.0254. The molecule has 3 N–H and O–H groups in total. The van der Waals surface area contributed by atoms with Crippen LogP contribution in [0.3, 0.4) is 0 Å². The minimum absolute atomic E-state index is 0.103. The fourth-order valence-electron chi connectivity index (χ4n) is 2.54. The number of rotatable bonds is 4. The molecule has 5 heteroatoms. The molecule has 21 heavy (non-hydrogen) atoms. The van der Waals surface area contributed by atoms with Crippen molar-refractivity contribution in [3.05, 3.63) is 35.9 Å². The van der Waals surface area contributed by atoms with Crippen molar-refractivity contribution in [3.8, 4) is 0 Å². The molecule has 5 nitrogen and oxygen atoms in total. The molecular weight excluding hydrogens is 266 g/mol. The first kappa shape index (κ1) is 15.7. The van der Waals surface area contributed by atoms with Crippen LogP contribution in [0.25, 0.3) is 0 Å². The van der Waals surface area contributed by atoms with Gasteiger partial charge in [-0.3, -0.25) is 19.8 Å². The van der Waals surface area contributed by atoms with Gasteiger partial charge in [0, 0.05) is 12.6 Å². The van der Waals surface area contributed by atoms with Gasteiger partial charge in [0.15, 0.2) is 0 Å². The number of nitrogens with one attached hydrogen (secondary N) is 1. The summed E-state index contributed by atoms with van der Waals surface area (Å²) in [7, 11) is 0. The van der Waals surface area contributed by atoms with E-state index in [1.807, 2.05) is 35.2 Å². The molecule has 0 spiro atoms. The summed E-state index contributed by atoms with van der Waals surface area (Å²) >= 11 is 0. The molecule has 1 aromatic rings. The highest BCUT2D eigenvalue weighted by atomic mass is 16.2.